The number of likely N-dealkylation sites (tertiary alicyclic amines) is 1. The average molecular weight is 445 g/mol. The topological polar surface area (TPSA) is 75.1 Å². The van der Waals surface area contributed by atoms with E-state index in [4.69, 9.17) is 11.1 Å². The third kappa shape index (κ3) is 5.19. The van der Waals surface area contributed by atoms with Gasteiger partial charge in [-0.25, -0.2) is 0 Å². The zero-order valence-corrected chi connectivity index (χ0v) is 19.9. The van der Waals surface area contributed by atoms with Crippen molar-refractivity contribution in [2.75, 3.05) is 6.54 Å². The van der Waals surface area contributed by atoms with Gasteiger partial charge < -0.3 is 10.3 Å². The highest BCUT2D eigenvalue weighted by Crippen LogP contribution is 2.24. The maximum absolute atomic E-state index is 13.5. The van der Waals surface area contributed by atoms with Crippen LogP contribution in [0.1, 0.15) is 57.9 Å². The Balaban J connectivity index is 1.52. The van der Waals surface area contributed by atoms with Crippen molar-refractivity contribution in [3.05, 3.63) is 70.5 Å². The Bertz CT molecular complexity index is 1170. The first kappa shape index (κ1) is 23.2. The maximum Gasteiger partial charge on any atom is 0.258 e. The van der Waals surface area contributed by atoms with Gasteiger partial charge in [0.25, 0.3) is 5.56 Å². The number of hydrogen-bond acceptors (Lipinski definition) is 3. The van der Waals surface area contributed by atoms with Crippen LogP contribution < -0.4 is 11.3 Å². The largest absolute Gasteiger partial charge is 0.384 e. The number of aryl methyl sites for hydroxylation is 1. The monoisotopic (exact) mass is 444 g/mol. The van der Waals surface area contributed by atoms with Crippen LogP contribution in [0.4, 0.5) is 0 Å². The molecule has 2 aromatic carbocycles. The van der Waals surface area contributed by atoms with Crippen molar-refractivity contribution in [3.8, 4) is 11.1 Å². The molecule has 0 spiro atoms. The van der Waals surface area contributed by atoms with Gasteiger partial charge in [-0.2, -0.15) is 0 Å². The van der Waals surface area contributed by atoms with E-state index in [-0.39, 0.29) is 11.4 Å². The van der Waals surface area contributed by atoms with Crippen molar-refractivity contribution in [3.63, 3.8) is 0 Å². The number of rotatable bonds is 8. The highest BCUT2D eigenvalue weighted by Gasteiger charge is 2.23. The molecule has 2 unspecified atom stereocenters. The van der Waals surface area contributed by atoms with E-state index in [0.29, 0.717) is 29.8 Å². The van der Waals surface area contributed by atoms with Crippen LogP contribution in [0.2, 0.25) is 0 Å². The second-order valence-corrected chi connectivity index (χ2v) is 9.50. The smallest absolute Gasteiger partial charge is 0.258 e. The highest BCUT2D eigenvalue weighted by atomic mass is 16.1. The van der Waals surface area contributed by atoms with E-state index in [1.165, 1.54) is 25.7 Å². The minimum Gasteiger partial charge on any atom is -0.384 e. The molecule has 174 valence electrons. The summed E-state index contributed by atoms with van der Waals surface area (Å²) in [6, 6.07) is 18.8. The zero-order chi connectivity index (χ0) is 23.4. The number of hydrogen-bond donors (Lipinski definition) is 2. The molecule has 3 aromatic rings. The van der Waals surface area contributed by atoms with Gasteiger partial charge in [0.1, 0.15) is 5.84 Å². The molecule has 3 N–H and O–H groups in total. The predicted molar refractivity (Wildman–Crippen MR) is 138 cm³/mol. The molecule has 0 radical (unpaired) electrons. The van der Waals surface area contributed by atoms with Gasteiger partial charge in [-0.15, -0.1) is 0 Å². The first-order chi connectivity index (χ1) is 16.0. The average Bonchev–Trinajstić information content (AvgIpc) is 2.81. The number of piperidine rings is 1. The van der Waals surface area contributed by atoms with Crippen LogP contribution >= 0.6 is 0 Å². The number of nitrogen functional groups attached to an aromatic ring is 1. The Morgan fingerprint density at radius 3 is 2.45 bits per heavy atom. The number of benzene rings is 2. The minimum atomic E-state index is 0.00954. The molecular weight excluding hydrogens is 408 g/mol. The van der Waals surface area contributed by atoms with Crippen LogP contribution in [0.25, 0.3) is 22.0 Å². The molecule has 1 aromatic heterocycles. The third-order valence-corrected chi connectivity index (χ3v) is 7.16. The van der Waals surface area contributed by atoms with E-state index in [1.54, 1.807) is 6.07 Å². The summed E-state index contributed by atoms with van der Waals surface area (Å²) in [7, 11) is 0. The van der Waals surface area contributed by atoms with Crippen LogP contribution in [0, 0.1) is 5.41 Å². The van der Waals surface area contributed by atoms with E-state index in [9.17, 15) is 4.79 Å². The zero-order valence-electron chi connectivity index (χ0n) is 19.9. The number of nitrogens with two attached hydrogens (primary N) is 1. The van der Waals surface area contributed by atoms with E-state index in [2.05, 4.69) is 24.8 Å². The van der Waals surface area contributed by atoms with Gasteiger partial charge in [-0.1, -0.05) is 49.2 Å². The molecule has 1 aliphatic heterocycles. The Morgan fingerprint density at radius 2 is 1.70 bits per heavy atom. The van der Waals surface area contributed by atoms with Crippen molar-refractivity contribution in [2.45, 2.75) is 71.0 Å². The number of amidine groups is 1. The Labute approximate surface area is 196 Å². The lowest BCUT2D eigenvalue weighted by Crippen LogP contribution is -2.44. The molecule has 0 amide bonds. The summed E-state index contributed by atoms with van der Waals surface area (Å²) in [6.45, 7) is 6.57. The van der Waals surface area contributed by atoms with Gasteiger partial charge in [0.2, 0.25) is 0 Å². The summed E-state index contributed by atoms with van der Waals surface area (Å²) >= 11 is 0. The van der Waals surface area contributed by atoms with Crippen molar-refractivity contribution in [1.29, 1.82) is 5.41 Å². The van der Waals surface area contributed by atoms with Crippen LogP contribution in [0.5, 0.6) is 0 Å². The van der Waals surface area contributed by atoms with E-state index in [0.717, 1.165) is 35.9 Å². The second kappa shape index (κ2) is 10.3. The molecular formula is C28H36N4O. The maximum atomic E-state index is 13.5. The number of para-hydroxylation sites is 1. The number of aromatic nitrogens is 1. The van der Waals surface area contributed by atoms with Crippen LogP contribution in [0.3, 0.4) is 0 Å². The number of nitrogens with one attached hydrogen (secondary N) is 1. The summed E-state index contributed by atoms with van der Waals surface area (Å²) in [5, 5.41) is 8.79. The first-order valence-electron chi connectivity index (χ1n) is 12.3. The van der Waals surface area contributed by atoms with Crippen molar-refractivity contribution in [2.24, 2.45) is 5.73 Å². The molecule has 1 aliphatic rings. The van der Waals surface area contributed by atoms with Crippen LogP contribution in [0.15, 0.2) is 59.4 Å². The van der Waals surface area contributed by atoms with Crippen LogP contribution in [-0.2, 0) is 6.54 Å². The highest BCUT2D eigenvalue weighted by molar-refractivity contribution is 5.96. The summed E-state index contributed by atoms with van der Waals surface area (Å²) in [4.78, 5) is 16.2. The molecule has 5 nitrogen and oxygen atoms in total. The quantitative estimate of drug-likeness (QED) is 0.278. The Kier molecular flexibility index (Phi) is 7.29. The van der Waals surface area contributed by atoms with E-state index >= 15 is 0 Å². The Hall–Kier alpha value is -2.92. The fraction of sp³-hybridized carbons (Fsp3) is 0.429. The van der Waals surface area contributed by atoms with Crippen LogP contribution in [-0.4, -0.2) is 33.9 Å². The van der Waals surface area contributed by atoms with E-state index < -0.39 is 0 Å². The molecule has 1 fully saturated rings. The number of nitrogens with zero attached hydrogens (tertiary/aromatic N) is 2. The van der Waals surface area contributed by atoms with Gasteiger partial charge in [-0.05, 0) is 75.2 Å². The predicted octanol–water partition coefficient (Wildman–Crippen LogP) is 5.39. The summed E-state index contributed by atoms with van der Waals surface area (Å²) in [6.07, 6.45) is 7.23. The van der Waals surface area contributed by atoms with Gasteiger partial charge >= 0.3 is 0 Å². The molecule has 0 bridgehead atoms. The van der Waals surface area contributed by atoms with Gasteiger partial charge in [0.15, 0.2) is 0 Å². The molecule has 33 heavy (non-hydrogen) atoms. The summed E-state index contributed by atoms with van der Waals surface area (Å²) < 4.78 is 1.93. The summed E-state index contributed by atoms with van der Waals surface area (Å²) in [5.74, 6) is 0.00954. The molecule has 0 saturated carbocycles. The third-order valence-electron chi connectivity index (χ3n) is 7.16. The number of pyridine rings is 1. The first-order valence-corrected chi connectivity index (χ1v) is 12.3. The van der Waals surface area contributed by atoms with E-state index in [1.807, 2.05) is 47.0 Å². The van der Waals surface area contributed by atoms with Crippen molar-refractivity contribution < 1.29 is 0 Å². The number of fused-ring (bicyclic) bond motifs is 1. The molecule has 2 heterocycles. The normalized spacial score (nSPS) is 19.1. The molecule has 5 heteroatoms. The standard InChI is InChI=1S/C28H36N4O/c1-20-10-8-11-21(2)31(20)16-6-3-7-17-32-26-15-5-4-12-23(26)19-25(28(32)33)22-13-9-14-24(18-22)27(29)30/h4-5,9,12-15,18-21H,3,6-8,10-11,16-17H2,1-2H3,(H3,29,30). The lowest BCUT2D eigenvalue weighted by molar-refractivity contribution is 0.101. The van der Waals surface area contributed by atoms with Gasteiger partial charge in [-0.3, -0.25) is 15.1 Å². The molecule has 4 rings (SSSR count). The minimum absolute atomic E-state index is 0.00954. The van der Waals surface area contributed by atoms with Crippen molar-refractivity contribution in [1.82, 2.24) is 9.47 Å². The SMILES string of the molecule is CC1CCCC(C)N1CCCCCn1c(=O)c(-c2cccc(C(=N)N)c2)cc2ccccc21. The fourth-order valence-electron chi connectivity index (χ4n) is 5.27. The molecule has 1 saturated heterocycles. The number of unbranched alkanes of at least 4 members (excludes halogenated alkanes) is 2. The lowest BCUT2D eigenvalue weighted by atomic mass is 9.97. The molecule has 2 atom stereocenters. The van der Waals surface area contributed by atoms with Gasteiger partial charge in [0, 0.05) is 29.8 Å². The van der Waals surface area contributed by atoms with Crippen molar-refractivity contribution >= 4 is 16.7 Å². The lowest BCUT2D eigenvalue weighted by Gasteiger charge is -2.39. The molecule has 0 aliphatic carbocycles. The second-order valence-electron chi connectivity index (χ2n) is 9.50. The van der Waals surface area contributed by atoms with Gasteiger partial charge in [0.05, 0.1) is 5.52 Å². The Morgan fingerprint density at radius 1 is 0.970 bits per heavy atom. The fourth-order valence-corrected chi connectivity index (χ4v) is 5.27. The summed E-state index contributed by atoms with van der Waals surface area (Å²) in [5.41, 5.74) is 8.78.